The van der Waals surface area contributed by atoms with Crippen molar-refractivity contribution in [3.63, 3.8) is 0 Å². The summed E-state index contributed by atoms with van der Waals surface area (Å²) >= 11 is 0. The molecule has 0 spiro atoms. The van der Waals surface area contributed by atoms with Crippen molar-refractivity contribution in [3.8, 4) is 16.9 Å². The molecule has 0 saturated carbocycles. The maximum atomic E-state index is 12.9. The van der Waals surface area contributed by atoms with Gasteiger partial charge >= 0.3 is 0 Å². The number of rotatable bonds is 6. The van der Waals surface area contributed by atoms with E-state index in [1.807, 2.05) is 66.7 Å². The normalized spacial score (nSPS) is 13.9. The molecule has 1 N–H and O–H groups in total. The van der Waals surface area contributed by atoms with Crippen molar-refractivity contribution in [2.45, 2.75) is 0 Å². The summed E-state index contributed by atoms with van der Waals surface area (Å²) in [5, 5.41) is 3.01. The lowest BCUT2D eigenvalue weighted by molar-refractivity contribution is 0.0827. The number of anilines is 2. The highest BCUT2D eigenvalue weighted by Crippen LogP contribution is 2.32. The maximum Gasteiger partial charge on any atom is 0.255 e. The molecule has 1 saturated heterocycles. The third-order valence-corrected chi connectivity index (χ3v) is 6.30. The number of methoxy groups -OCH3 is 1. The number of hydrogen-bond donors (Lipinski definition) is 1. The molecule has 1 aliphatic heterocycles. The standard InChI is InChI=1S/C28H32N4O3/c1-30(2)28(34)23-11-7-21(8-12-23)20-5-9-22(10-6-20)27(33)29-24-13-14-26(35-4)25(19-24)32-17-15-31(3)16-18-32/h5-14,19H,15-18H2,1-4H3,(H,29,33). The first-order chi connectivity index (χ1) is 16.9. The number of ether oxygens (including phenoxy) is 1. The fraction of sp³-hybridized carbons (Fsp3) is 0.286. The summed E-state index contributed by atoms with van der Waals surface area (Å²) < 4.78 is 5.57. The lowest BCUT2D eigenvalue weighted by Crippen LogP contribution is -2.44. The maximum absolute atomic E-state index is 12.9. The van der Waals surface area contributed by atoms with Crippen LogP contribution in [0.1, 0.15) is 20.7 Å². The van der Waals surface area contributed by atoms with Crippen LogP contribution in [0.4, 0.5) is 11.4 Å². The van der Waals surface area contributed by atoms with Crippen LogP contribution in [0, 0.1) is 0 Å². The average Bonchev–Trinajstić information content (AvgIpc) is 2.89. The summed E-state index contributed by atoms with van der Waals surface area (Å²) in [6.45, 7) is 3.80. The number of hydrogen-bond acceptors (Lipinski definition) is 5. The van der Waals surface area contributed by atoms with E-state index in [1.54, 1.807) is 26.1 Å². The van der Waals surface area contributed by atoms with E-state index in [0.717, 1.165) is 54.4 Å². The number of benzene rings is 3. The van der Waals surface area contributed by atoms with Crippen molar-refractivity contribution in [1.29, 1.82) is 0 Å². The summed E-state index contributed by atoms with van der Waals surface area (Å²) in [5.41, 5.74) is 4.90. The minimum absolute atomic E-state index is 0.0297. The van der Waals surface area contributed by atoms with Crippen LogP contribution < -0.4 is 15.0 Å². The Balaban J connectivity index is 1.46. The smallest absolute Gasteiger partial charge is 0.255 e. The number of carbonyl (C=O) groups excluding carboxylic acids is 2. The van der Waals surface area contributed by atoms with E-state index >= 15 is 0 Å². The van der Waals surface area contributed by atoms with Crippen LogP contribution in [0.5, 0.6) is 5.75 Å². The summed E-state index contributed by atoms with van der Waals surface area (Å²) in [4.78, 5) is 31.2. The Bertz CT molecular complexity index is 1180. The van der Waals surface area contributed by atoms with Crippen molar-refractivity contribution < 1.29 is 14.3 Å². The van der Waals surface area contributed by atoms with Crippen LogP contribution in [0.2, 0.25) is 0 Å². The molecule has 1 fully saturated rings. The van der Waals surface area contributed by atoms with Crippen molar-refractivity contribution >= 4 is 23.2 Å². The van der Waals surface area contributed by atoms with E-state index in [-0.39, 0.29) is 11.8 Å². The predicted octanol–water partition coefficient (Wildman–Crippen LogP) is 4.07. The van der Waals surface area contributed by atoms with Gasteiger partial charge in [-0.2, -0.15) is 0 Å². The molecule has 3 aromatic carbocycles. The van der Waals surface area contributed by atoms with Gasteiger partial charge in [0.05, 0.1) is 12.8 Å². The van der Waals surface area contributed by atoms with Crippen LogP contribution in [0.3, 0.4) is 0 Å². The molecule has 0 unspecified atom stereocenters. The van der Waals surface area contributed by atoms with Gasteiger partial charge in [0.25, 0.3) is 11.8 Å². The van der Waals surface area contributed by atoms with Gasteiger partial charge in [0, 0.05) is 57.1 Å². The molecule has 182 valence electrons. The van der Waals surface area contributed by atoms with Crippen LogP contribution in [0.15, 0.2) is 66.7 Å². The number of nitrogens with zero attached hydrogens (tertiary/aromatic N) is 3. The van der Waals surface area contributed by atoms with Crippen LogP contribution >= 0.6 is 0 Å². The summed E-state index contributed by atoms with van der Waals surface area (Å²) in [6, 6.07) is 20.7. The second kappa shape index (κ2) is 10.6. The van der Waals surface area contributed by atoms with E-state index in [4.69, 9.17) is 4.74 Å². The SMILES string of the molecule is COc1ccc(NC(=O)c2ccc(-c3ccc(C(=O)N(C)C)cc3)cc2)cc1N1CCN(C)CC1. The predicted molar refractivity (Wildman–Crippen MR) is 141 cm³/mol. The van der Waals surface area contributed by atoms with Gasteiger partial charge in [0.15, 0.2) is 0 Å². The quantitative estimate of drug-likeness (QED) is 0.586. The molecule has 3 aromatic rings. The molecule has 4 rings (SSSR count). The minimum Gasteiger partial charge on any atom is -0.495 e. The molecule has 35 heavy (non-hydrogen) atoms. The Labute approximate surface area is 206 Å². The molecular weight excluding hydrogens is 440 g/mol. The monoisotopic (exact) mass is 472 g/mol. The van der Waals surface area contributed by atoms with Gasteiger partial charge in [0.1, 0.15) is 5.75 Å². The lowest BCUT2D eigenvalue weighted by Gasteiger charge is -2.34. The highest BCUT2D eigenvalue weighted by Gasteiger charge is 2.19. The van der Waals surface area contributed by atoms with Gasteiger partial charge in [-0.05, 0) is 60.6 Å². The molecule has 1 heterocycles. The van der Waals surface area contributed by atoms with Gasteiger partial charge < -0.3 is 24.8 Å². The fourth-order valence-electron chi connectivity index (χ4n) is 4.14. The first kappa shape index (κ1) is 24.3. The molecule has 1 aliphatic rings. The second-order valence-electron chi connectivity index (χ2n) is 8.99. The zero-order chi connectivity index (χ0) is 24.9. The van der Waals surface area contributed by atoms with Crippen LogP contribution in [0.25, 0.3) is 11.1 Å². The molecular formula is C28H32N4O3. The highest BCUT2D eigenvalue weighted by atomic mass is 16.5. The summed E-state index contributed by atoms with van der Waals surface area (Å²) in [7, 11) is 7.26. The van der Waals surface area contributed by atoms with Gasteiger partial charge in [-0.15, -0.1) is 0 Å². The first-order valence-electron chi connectivity index (χ1n) is 11.7. The molecule has 0 atom stereocenters. The Kier molecular flexibility index (Phi) is 7.36. The minimum atomic E-state index is -0.169. The molecule has 2 amide bonds. The van der Waals surface area contributed by atoms with Gasteiger partial charge in [0.2, 0.25) is 0 Å². The van der Waals surface area contributed by atoms with Crippen LogP contribution in [-0.2, 0) is 0 Å². The second-order valence-corrected chi connectivity index (χ2v) is 8.99. The average molecular weight is 473 g/mol. The number of carbonyl (C=O) groups is 2. The van der Waals surface area contributed by atoms with Crippen molar-refractivity contribution in [2.24, 2.45) is 0 Å². The topological polar surface area (TPSA) is 65.1 Å². The summed E-state index contributed by atoms with van der Waals surface area (Å²) in [5.74, 6) is 0.603. The van der Waals surface area contributed by atoms with E-state index in [2.05, 4.69) is 22.2 Å². The highest BCUT2D eigenvalue weighted by molar-refractivity contribution is 6.04. The zero-order valence-corrected chi connectivity index (χ0v) is 20.7. The third-order valence-electron chi connectivity index (χ3n) is 6.30. The van der Waals surface area contributed by atoms with E-state index in [1.165, 1.54) is 0 Å². The Morgan fingerprint density at radius 3 is 1.94 bits per heavy atom. The molecule has 0 aromatic heterocycles. The Hall–Kier alpha value is -3.84. The van der Waals surface area contributed by atoms with Gasteiger partial charge in [-0.3, -0.25) is 9.59 Å². The molecule has 0 bridgehead atoms. The molecule has 7 heteroatoms. The molecule has 0 radical (unpaired) electrons. The molecule has 7 nitrogen and oxygen atoms in total. The number of piperazine rings is 1. The van der Waals surface area contributed by atoms with Crippen molar-refractivity contribution in [3.05, 3.63) is 77.9 Å². The van der Waals surface area contributed by atoms with E-state index in [0.29, 0.717) is 11.1 Å². The lowest BCUT2D eigenvalue weighted by atomic mass is 10.0. The largest absolute Gasteiger partial charge is 0.495 e. The van der Waals surface area contributed by atoms with Crippen LogP contribution in [-0.4, -0.2) is 76.0 Å². The zero-order valence-electron chi connectivity index (χ0n) is 20.7. The number of nitrogens with one attached hydrogen (secondary N) is 1. The van der Waals surface area contributed by atoms with E-state index in [9.17, 15) is 9.59 Å². The van der Waals surface area contributed by atoms with Gasteiger partial charge in [-0.1, -0.05) is 24.3 Å². The van der Waals surface area contributed by atoms with Crippen molar-refractivity contribution in [1.82, 2.24) is 9.80 Å². The molecule has 0 aliphatic carbocycles. The van der Waals surface area contributed by atoms with Gasteiger partial charge in [-0.25, -0.2) is 0 Å². The fourth-order valence-corrected chi connectivity index (χ4v) is 4.14. The Morgan fingerprint density at radius 2 is 1.40 bits per heavy atom. The van der Waals surface area contributed by atoms with E-state index < -0.39 is 0 Å². The van der Waals surface area contributed by atoms with Crippen molar-refractivity contribution in [2.75, 3.05) is 64.6 Å². The summed E-state index contributed by atoms with van der Waals surface area (Å²) in [6.07, 6.45) is 0. The number of amides is 2. The first-order valence-corrected chi connectivity index (χ1v) is 11.7. The Morgan fingerprint density at radius 1 is 0.829 bits per heavy atom. The number of likely N-dealkylation sites (N-methyl/N-ethyl adjacent to an activating group) is 1. The third kappa shape index (κ3) is 5.63.